The van der Waals surface area contributed by atoms with Crippen molar-refractivity contribution in [1.29, 1.82) is 0 Å². The van der Waals surface area contributed by atoms with Crippen molar-refractivity contribution in [2.45, 2.75) is 38.3 Å². The third kappa shape index (κ3) is 6.34. The van der Waals surface area contributed by atoms with Gasteiger partial charge in [-0.25, -0.2) is 0 Å². The van der Waals surface area contributed by atoms with Crippen molar-refractivity contribution in [3.63, 3.8) is 0 Å². The minimum Gasteiger partial charge on any atom is -0.339 e. The van der Waals surface area contributed by atoms with Gasteiger partial charge in [0.2, 0.25) is 5.91 Å². The van der Waals surface area contributed by atoms with E-state index in [1.54, 1.807) is 31.2 Å². The maximum atomic E-state index is 13.0. The quantitative estimate of drug-likeness (QED) is 0.336. The Morgan fingerprint density at radius 1 is 1.08 bits per heavy atom. The van der Waals surface area contributed by atoms with Gasteiger partial charge in [0.1, 0.15) is 0 Å². The predicted molar refractivity (Wildman–Crippen MR) is 134 cm³/mol. The maximum absolute atomic E-state index is 13.0. The van der Waals surface area contributed by atoms with Gasteiger partial charge in [-0.1, -0.05) is 24.3 Å². The van der Waals surface area contributed by atoms with Crippen LogP contribution >= 0.6 is 0 Å². The molecule has 2 amide bonds. The molecule has 4 rings (SSSR count). The molecule has 1 N–H and O–H groups in total. The summed E-state index contributed by atoms with van der Waals surface area (Å²) in [5.41, 5.74) is 1.62. The number of hydrogen-bond acceptors (Lipinski definition) is 5. The molecular weight excluding hydrogens is 501 g/mol. The molecule has 0 bridgehead atoms. The first-order valence-electron chi connectivity index (χ1n) is 12.0. The fraction of sp³-hybridized carbons (Fsp3) is 0.296. The Bertz CT molecular complexity index is 1350. The molecule has 2 heterocycles. The van der Waals surface area contributed by atoms with Gasteiger partial charge in [-0.05, 0) is 55.0 Å². The van der Waals surface area contributed by atoms with Crippen LogP contribution in [0.15, 0.2) is 60.9 Å². The molecule has 1 aliphatic heterocycles. The van der Waals surface area contributed by atoms with Gasteiger partial charge in [-0.3, -0.25) is 24.7 Å². The molecule has 198 valence electrons. The van der Waals surface area contributed by atoms with E-state index in [4.69, 9.17) is 0 Å². The maximum Gasteiger partial charge on any atom is 0.417 e. The highest BCUT2D eigenvalue weighted by Crippen LogP contribution is 2.31. The third-order valence-electron chi connectivity index (χ3n) is 6.60. The number of nitro benzene ring substituents is 1. The van der Waals surface area contributed by atoms with Gasteiger partial charge >= 0.3 is 6.18 Å². The monoisotopic (exact) mass is 526 g/mol. The number of carbonyl (C=O) groups excluding carboxylic acids is 2. The number of alkyl halides is 3. The molecule has 38 heavy (non-hydrogen) atoms. The summed E-state index contributed by atoms with van der Waals surface area (Å²) in [6.07, 6.45) is -1.42. The fourth-order valence-corrected chi connectivity index (χ4v) is 4.50. The lowest BCUT2D eigenvalue weighted by atomic mass is 9.89. The largest absolute Gasteiger partial charge is 0.417 e. The predicted octanol–water partition coefficient (Wildman–Crippen LogP) is 5.52. The number of likely N-dealkylation sites (tertiary alicyclic amines) is 1. The number of anilines is 1. The highest BCUT2D eigenvalue weighted by atomic mass is 19.4. The van der Waals surface area contributed by atoms with E-state index in [0.717, 1.165) is 17.8 Å². The average Bonchev–Trinajstić information content (AvgIpc) is 2.89. The van der Waals surface area contributed by atoms with Crippen LogP contribution in [0, 0.1) is 17.0 Å². The van der Waals surface area contributed by atoms with E-state index in [1.807, 2.05) is 12.1 Å². The van der Waals surface area contributed by atoms with Crippen molar-refractivity contribution in [3.05, 3.63) is 98.9 Å². The van der Waals surface area contributed by atoms with E-state index < -0.39 is 22.6 Å². The Morgan fingerprint density at radius 3 is 2.39 bits per heavy atom. The summed E-state index contributed by atoms with van der Waals surface area (Å²) < 4.78 is 38.9. The van der Waals surface area contributed by atoms with Crippen LogP contribution in [0.25, 0.3) is 0 Å². The molecular formula is C27H25F3N4O4. The SMILES string of the molecule is Cc1ccc(CC(=O)Nc2ccc(C3CCN(C(=O)c4cncc(C(F)(F)F)c4)CC3)cc2)cc1[N+](=O)[O-]. The topological polar surface area (TPSA) is 105 Å². The van der Waals surface area contributed by atoms with Crippen LogP contribution in [0.3, 0.4) is 0 Å². The van der Waals surface area contributed by atoms with Crippen molar-refractivity contribution >= 4 is 23.2 Å². The molecule has 0 atom stereocenters. The summed E-state index contributed by atoms with van der Waals surface area (Å²) in [6, 6.07) is 12.9. The van der Waals surface area contributed by atoms with Crippen molar-refractivity contribution in [3.8, 4) is 0 Å². The van der Waals surface area contributed by atoms with E-state index in [-0.39, 0.29) is 29.5 Å². The normalized spacial score (nSPS) is 14.3. The zero-order chi connectivity index (χ0) is 27.4. The van der Waals surface area contributed by atoms with Gasteiger partial charge in [0.15, 0.2) is 0 Å². The van der Waals surface area contributed by atoms with Gasteiger partial charge in [0, 0.05) is 42.8 Å². The number of rotatable bonds is 6. The van der Waals surface area contributed by atoms with Gasteiger partial charge < -0.3 is 10.2 Å². The highest BCUT2D eigenvalue weighted by molar-refractivity contribution is 5.94. The number of halogens is 3. The molecule has 1 fully saturated rings. The number of piperidine rings is 1. The Kier molecular flexibility index (Phi) is 7.75. The summed E-state index contributed by atoms with van der Waals surface area (Å²) in [4.78, 5) is 40.9. The molecule has 0 spiro atoms. The number of carbonyl (C=O) groups is 2. The number of benzene rings is 2. The van der Waals surface area contributed by atoms with E-state index in [2.05, 4.69) is 10.3 Å². The molecule has 0 radical (unpaired) electrons. The van der Waals surface area contributed by atoms with Crippen molar-refractivity contribution in [2.24, 2.45) is 0 Å². The lowest BCUT2D eigenvalue weighted by molar-refractivity contribution is -0.385. The molecule has 1 aliphatic rings. The van der Waals surface area contributed by atoms with Crippen molar-refractivity contribution in [1.82, 2.24) is 9.88 Å². The average molecular weight is 527 g/mol. The van der Waals surface area contributed by atoms with Crippen molar-refractivity contribution < 1.29 is 27.7 Å². The summed E-state index contributed by atoms with van der Waals surface area (Å²) in [6.45, 7) is 2.45. The summed E-state index contributed by atoms with van der Waals surface area (Å²) in [5, 5.41) is 13.9. The van der Waals surface area contributed by atoms with Crippen LogP contribution in [0.1, 0.15) is 51.4 Å². The first kappa shape index (κ1) is 26.8. The van der Waals surface area contributed by atoms with E-state index in [9.17, 15) is 32.9 Å². The molecule has 0 saturated carbocycles. The lowest BCUT2D eigenvalue weighted by Crippen LogP contribution is -2.38. The minimum absolute atomic E-state index is 0.00322. The highest BCUT2D eigenvalue weighted by Gasteiger charge is 2.32. The number of hydrogen-bond donors (Lipinski definition) is 1. The lowest BCUT2D eigenvalue weighted by Gasteiger charge is -2.32. The van der Waals surface area contributed by atoms with E-state index in [1.165, 1.54) is 11.0 Å². The fourth-order valence-electron chi connectivity index (χ4n) is 4.50. The molecule has 11 heteroatoms. The Morgan fingerprint density at radius 2 is 1.76 bits per heavy atom. The number of nitro groups is 1. The first-order valence-corrected chi connectivity index (χ1v) is 12.0. The van der Waals surface area contributed by atoms with E-state index in [0.29, 0.717) is 48.9 Å². The standard InChI is InChI=1S/C27H25F3N4O4/c1-17-2-3-18(12-24(17)34(37)38)13-25(35)32-23-6-4-19(5-7-23)20-8-10-33(11-9-20)26(36)21-14-22(16-31-15-21)27(28,29)30/h2-7,12,14-16,20H,8-11,13H2,1H3,(H,32,35). The van der Waals surface area contributed by atoms with Gasteiger partial charge in [-0.2, -0.15) is 13.2 Å². The second-order valence-corrected chi connectivity index (χ2v) is 9.25. The number of aromatic nitrogens is 1. The molecule has 2 aromatic carbocycles. The number of nitrogens with one attached hydrogen (secondary N) is 1. The molecule has 8 nitrogen and oxygen atoms in total. The van der Waals surface area contributed by atoms with E-state index >= 15 is 0 Å². The molecule has 0 unspecified atom stereocenters. The molecule has 3 aromatic rings. The van der Waals surface area contributed by atoms with Crippen molar-refractivity contribution in [2.75, 3.05) is 18.4 Å². The summed E-state index contributed by atoms with van der Waals surface area (Å²) in [5.74, 6) is -0.609. The zero-order valence-corrected chi connectivity index (χ0v) is 20.5. The van der Waals surface area contributed by atoms with Crippen LogP contribution in [-0.4, -0.2) is 39.7 Å². The third-order valence-corrected chi connectivity index (χ3v) is 6.60. The van der Waals surface area contributed by atoms with Gasteiger partial charge in [0.05, 0.1) is 22.5 Å². The number of aryl methyl sites for hydroxylation is 1. The Labute approximate surface area is 216 Å². The Balaban J connectivity index is 1.31. The Hall–Kier alpha value is -4.28. The van der Waals surface area contributed by atoms with Crippen LogP contribution < -0.4 is 5.32 Å². The molecule has 1 saturated heterocycles. The smallest absolute Gasteiger partial charge is 0.339 e. The second kappa shape index (κ2) is 11.0. The minimum atomic E-state index is -4.57. The second-order valence-electron chi connectivity index (χ2n) is 9.25. The molecule has 1 aromatic heterocycles. The number of pyridine rings is 1. The van der Waals surface area contributed by atoms with Crippen LogP contribution in [-0.2, 0) is 17.4 Å². The van der Waals surface area contributed by atoms with Gasteiger partial charge in [0.25, 0.3) is 11.6 Å². The first-order chi connectivity index (χ1) is 18.0. The van der Waals surface area contributed by atoms with Crippen LogP contribution in [0.5, 0.6) is 0 Å². The van der Waals surface area contributed by atoms with Crippen LogP contribution in [0.4, 0.5) is 24.5 Å². The molecule has 0 aliphatic carbocycles. The summed E-state index contributed by atoms with van der Waals surface area (Å²) in [7, 11) is 0. The van der Waals surface area contributed by atoms with Crippen LogP contribution in [0.2, 0.25) is 0 Å². The number of amides is 2. The summed E-state index contributed by atoms with van der Waals surface area (Å²) >= 11 is 0. The number of nitrogens with zero attached hydrogens (tertiary/aromatic N) is 3. The van der Waals surface area contributed by atoms with Gasteiger partial charge in [-0.15, -0.1) is 0 Å². The zero-order valence-electron chi connectivity index (χ0n) is 20.5.